The Balaban J connectivity index is 1.83. The van der Waals surface area contributed by atoms with E-state index < -0.39 is 0 Å². The molecule has 3 N–H and O–H groups in total. The van der Waals surface area contributed by atoms with Gasteiger partial charge in [-0.15, -0.1) is 0 Å². The first-order chi connectivity index (χ1) is 12.7. The van der Waals surface area contributed by atoms with Crippen LogP contribution in [0.5, 0.6) is 0 Å². The summed E-state index contributed by atoms with van der Waals surface area (Å²) in [6, 6.07) is 13.1. The summed E-state index contributed by atoms with van der Waals surface area (Å²) in [5.74, 6) is 1.26. The zero-order valence-electron chi connectivity index (χ0n) is 14.2. The molecule has 3 heterocycles. The Hall–Kier alpha value is -3.16. The molecule has 0 bridgehead atoms. The van der Waals surface area contributed by atoms with E-state index in [-0.39, 0.29) is 12.6 Å². The zero-order chi connectivity index (χ0) is 18.1. The van der Waals surface area contributed by atoms with E-state index in [4.69, 9.17) is 5.73 Å². The Morgan fingerprint density at radius 1 is 1.15 bits per heavy atom. The average molecular weight is 346 g/mol. The number of pyridine rings is 1. The van der Waals surface area contributed by atoms with Crippen LogP contribution in [0.3, 0.4) is 0 Å². The molecule has 7 nitrogen and oxygen atoms in total. The second kappa shape index (κ2) is 6.62. The highest BCUT2D eigenvalue weighted by Crippen LogP contribution is 2.24. The first-order valence-corrected chi connectivity index (χ1v) is 8.29. The summed E-state index contributed by atoms with van der Waals surface area (Å²) in [6.45, 7) is 1.78. The van der Waals surface area contributed by atoms with Gasteiger partial charge in [-0.3, -0.25) is 0 Å². The van der Waals surface area contributed by atoms with Crippen molar-refractivity contribution >= 4 is 10.9 Å². The van der Waals surface area contributed by atoms with Gasteiger partial charge in [-0.1, -0.05) is 18.2 Å². The second-order valence-electron chi connectivity index (χ2n) is 6.07. The minimum absolute atomic E-state index is 0.115. The number of hydrogen-bond acceptors (Lipinski definition) is 6. The lowest BCUT2D eigenvalue weighted by molar-refractivity contribution is 0.276. The molecular weight excluding hydrogens is 328 g/mol. The zero-order valence-corrected chi connectivity index (χ0v) is 14.2. The number of rotatable bonds is 4. The molecule has 130 valence electrons. The molecule has 7 heteroatoms. The second-order valence-corrected chi connectivity index (χ2v) is 6.07. The van der Waals surface area contributed by atoms with Crippen molar-refractivity contribution in [1.82, 2.24) is 24.7 Å². The lowest BCUT2D eigenvalue weighted by atomic mass is 10.1. The number of aromatic nitrogens is 5. The van der Waals surface area contributed by atoms with Gasteiger partial charge in [0.25, 0.3) is 0 Å². The largest absolute Gasteiger partial charge is 0.390 e. The fraction of sp³-hybridized carbons (Fsp3) is 0.158. The molecule has 0 aliphatic carbocycles. The number of aliphatic hydroxyl groups is 1. The standard InChI is InChI=1S/C19H18N6O/c1-12(20)16-7-8-21-19(24-16)13-5-6-14-10-22-25(17(14)9-13)18-4-2-3-15(11-26)23-18/h2-10,12,26H,11,20H2,1H3. The van der Waals surface area contributed by atoms with Crippen molar-refractivity contribution in [3.63, 3.8) is 0 Å². The van der Waals surface area contributed by atoms with E-state index in [0.29, 0.717) is 17.3 Å². The fourth-order valence-electron chi connectivity index (χ4n) is 2.78. The fourth-order valence-corrected chi connectivity index (χ4v) is 2.78. The normalized spacial score (nSPS) is 12.4. The maximum absolute atomic E-state index is 9.32. The predicted octanol–water partition coefficient (Wildman–Crippen LogP) is 2.39. The molecule has 1 unspecified atom stereocenters. The third-order valence-corrected chi connectivity index (χ3v) is 4.14. The molecule has 0 amide bonds. The summed E-state index contributed by atoms with van der Waals surface area (Å²) in [5, 5.41) is 14.7. The number of nitrogens with two attached hydrogens (primary N) is 1. The van der Waals surface area contributed by atoms with E-state index in [1.165, 1.54) is 0 Å². The van der Waals surface area contributed by atoms with Gasteiger partial charge in [0.2, 0.25) is 0 Å². The summed E-state index contributed by atoms with van der Waals surface area (Å²) in [4.78, 5) is 13.3. The highest BCUT2D eigenvalue weighted by molar-refractivity contribution is 5.84. The number of fused-ring (bicyclic) bond motifs is 1. The van der Waals surface area contributed by atoms with Crippen LogP contribution in [-0.2, 0) is 6.61 Å². The van der Waals surface area contributed by atoms with E-state index in [1.807, 2.05) is 43.3 Å². The third kappa shape index (κ3) is 2.94. The van der Waals surface area contributed by atoms with Crippen LogP contribution in [0, 0.1) is 0 Å². The summed E-state index contributed by atoms with van der Waals surface area (Å²) >= 11 is 0. The summed E-state index contributed by atoms with van der Waals surface area (Å²) in [7, 11) is 0. The highest BCUT2D eigenvalue weighted by atomic mass is 16.3. The van der Waals surface area contributed by atoms with Gasteiger partial charge in [0.1, 0.15) is 0 Å². The Morgan fingerprint density at radius 2 is 2.04 bits per heavy atom. The van der Waals surface area contributed by atoms with Crippen molar-refractivity contribution in [3.05, 3.63) is 66.2 Å². The van der Waals surface area contributed by atoms with Gasteiger partial charge in [-0.25, -0.2) is 19.6 Å². The molecule has 26 heavy (non-hydrogen) atoms. The van der Waals surface area contributed by atoms with E-state index in [2.05, 4.69) is 20.1 Å². The number of hydrogen-bond donors (Lipinski definition) is 2. The molecule has 0 spiro atoms. The van der Waals surface area contributed by atoms with Crippen molar-refractivity contribution < 1.29 is 5.11 Å². The van der Waals surface area contributed by atoms with E-state index in [1.54, 1.807) is 23.1 Å². The molecule has 4 aromatic rings. The van der Waals surface area contributed by atoms with Crippen LogP contribution in [0.25, 0.3) is 28.1 Å². The number of nitrogens with zero attached hydrogens (tertiary/aromatic N) is 5. The molecule has 4 rings (SSSR count). The lowest BCUT2D eigenvalue weighted by Gasteiger charge is -2.08. The summed E-state index contributed by atoms with van der Waals surface area (Å²) in [5.41, 5.74) is 9.08. The Morgan fingerprint density at radius 3 is 2.85 bits per heavy atom. The van der Waals surface area contributed by atoms with Crippen LogP contribution in [-0.4, -0.2) is 29.8 Å². The van der Waals surface area contributed by atoms with Gasteiger partial charge < -0.3 is 10.8 Å². The first kappa shape index (κ1) is 16.3. The molecule has 0 radical (unpaired) electrons. The van der Waals surface area contributed by atoms with Crippen LogP contribution in [0.4, 0.5) is 0 Å². The van der Waals surface area contributed by atoms with E-state index in [9.17, 15) is 5.11 Å². The topological polar surface area (TPSA) is 103 Å². The van der Waals surface area contributed by atoms with Crippen molar-refractivity contribution in [1.29, 1.82) is 0 Å². The minimum atomic E-state index is -0.156. The predicted molar refractivity (Wildman–Crippen MR) is 98.4 cm³/mol. The van der Waals surface area contributed by atoms with Crippen molar-refractivity contribution in [3.8, 4) is 17.2 Å². The quantitative estimate of drug-likeness (QED) is 0.588. The Labute approximate surface area is 150 Å². The number of benzene rings is 1. The molecular formula is C19H18N6O. The van der Waals surface area contributed by atoms with Gasteiger partial charge in [0.05, 0.1) is 29.7 Å². The highest BCUT2D eigenvalue weighted by Gasteiger charge is 2.11. The molecule has 0 saturated carbocycles. The van der Waals surface area contributed by atoms with Crippen LogP contribution < -0.4 is 5.73 Å². The molecule has 0 aliphatic heterocycles. The molecule has 0 fully saturated rings. The van der Waals surface area contributed by atoms with E-state index in [0.717, 1.165) is 22.2 Å². The van der Waals surface area contributed by atoms with Crippen molar-refractivity contribution in [2.45, 2.75) is 19.6 Å². The maximum Gasteiger partial charge on any atom is 0.159 e. The summed E-state index contributed by atoms with van der Waals surface area (Å²) in [6.07, 6.45) is 3.50. The molecule has 1 aromatic carbocycles. The van der Waals surface area contributed by atoms with Gasteiger partial charge in [-0.2, -0.15) is 5.10 Å². The average Bonchev–Trinajstić information content (AvgIpc) is 3.11. The van der Waals surface area contributed by atoms with Gasteiger partial charge in [-0.05, 0) is 31.2 Å². The molecule has 0 aliphatic rings. The minimum Gasteiger partial charge on any atom is -0.390 e. The molecule has 0 saturated heterocycles. The van der Waals surface area contributed by atoms with E-state index >= 15 is 0 Å². The first-order valence-electron chi connectivity index (χ1n) is 8.29. The smallest absolute Gasteiger partial charge is 0.159 e. The summed E-state index contributed by atoms with van der Waals surface area (Å²) < 4.78 is 1.74. The SMILES string of the molecule is CC(N)c1ccnc(-c2ccc3cnn(-c4cccc(CO)n4)c3c2)n1. The van der Waals surface area contributed by atoms with Crippen LogP contribution in [0.1, 0.15) is 24.4 Å². The van der Waals surface area contributed by atoms with Crippen LogP contribution in [0.2, 0.25) is 0 Å². The van der Waals surface area contributed by atoms with Crippen molar-refractivity contribution in [2.75, 3.05) is 0 Å². The monoisotopic (exact) mass is 346 g/mol. The maximum atomic E-state index is 9.32. The van der Waals surface area contributed by atoms with Crippen LogP contribution in [0.15, 0.2) is 54.9 Å². The molecule has 3 aromatic heterocycles. The molecule has 1 atom stereocenters. The van der Waals surface area contributed by atoms with Gasteiger partial charge in [0, 0.05) is 23.2 Å². The Bertz CT molecular complexity index is 1070. The van der Waals surface area contributed by atoms with Crippen molar-refractivity contribution in [2.24, 2.45) is 5.73 Å². The lowest BCUT2D eigenvalue weighted by Crippen LogP contribution is -2.08. The van der Waals surface area contributed by atoms with Crippen LogP contribution >= 0.6 is 0 Å². The van der Waals surface area contributed by atoms with Gasteiger partial charge in [0.15, 0.2) is 11.6 Å². The number of aliphatic hydroxyl groups excluding tert-OH is 1. The third-order valence-electron chi connectivity index (χ3n) is 4.14. The Kier molecular flexibility index (Phi) is 4.16. The van der Waals surface area contributed by atoms with Gasteiger partial charge >= 0.3 is 0 Å².